The molecule has 0 aliphatic carbocycles. The summed E-state index contributed by atoms with van der Waals surface area (Å²) in [6.45, 7) is -0.840. The van der Waals surface area contributed by atoms with E-state index in [-0.39, 0.29) is 0 Å². The molecular formula is C16H14O10. The number of hydrogen-bond donors (Lipinski definition) is 6. The number of hydrogen-bond acceptors (Lipinski definition) is 10. The molecule has 0 spiro atoms. The monoisotopic (exact) mass is 366 g/mol. The van der Waals surface area contributed by atoms with E-state index in [1.165, 1.54) is 0 Å². The highest BCUT2D eigenvalue weighted by Crippen LogP contribution is 2.33. The number of esters is 2. The van der Waals surface area contributed by atoms with Crippen LogP contribution in [0.1, 0.15) is 20.7 Å². The molecule has 0 amide bonds. The number of ether oxygens (including phenoxy) is 2. The minimum absolute atomic E-state index is 0.410. The Kier molecular flexibility index (Phi) is 5.26. The zero-order chi connectivity index (χ0) is 19.4. The van der Waals surface area contributed by atoms with E-state index in [9.17, 15) is 40.2 Å². The van der Waals surface area contributed by atoms with Gasteiger partial charge in [-0.15, -0.1) is 0 Å². The van der Waals surface area contributed by atoms with E-state index in [1.807, 2.05) is 0 Å². The maximum absolute atomic E-state index is 11.8. The number of phenolic OH excluding ortho intramolecular Hbond substituents is 6. The van der Waals surface area contributed by atoms with Crippen molar-refractivity contribution < 1.29 is 49.7 Å². The molecule has 0 aliphatic rings. The van der Waals surface area contributed by atoms with E-state index in [0.717, 1.165) is 24.3 Å². The lowest BCUT2D eigenvalue weighted by Gasteiger charge is -2.09. The van der Waals surface area contributed by atoms with Crippen molar-refractivity contribution in [3.8, 4) is 34.5 Å². The van der Waals surface area contributed by atoms with Gasteiger partial charge in [0.1, 0.15) is 35.8 Å². The van der Waals surface area contributed by atoms with Gasteiger partial charge in [-0.05, 0) is 0 Å². The lowest BCUT2D eigenvalue weighted by Crippen LogP contribution is -2.14. The van der Waals surface area contributed by atoms with Crippen LogP contribution in [0, 0.1) is 0 Å². The Labute approximate surface area is 145 Å². The van der Waals surface area contributed by atoms with Gasteiger partial charge in [-0.1, -0.05) is 0 Å². The minimum atomic E-state index is -1.04. The predicted octanol–water partition coefficient (Wildman–Crippen LogP) is 0.934. The van der Waals surface area contributed by atoms with Crippen LogP contribution in [0.2, 0.25) is 0 Å². The van der Waals surface area contributed by atoms with Crippen LogP contribution in [-0.2, 0) is 9.47 Å². The SMILES string of the molecule is O=C(OCCOC(=O)c1cc(O)c(O)cc1O)c1cc(O)c(O)cc1O. The molecule has 0 radical (unpaired) electrons. The molecule has 2 aromatic carbocycles. The Morgan fingerprint density at radius 1 is 0.577 bits per heavy atom. The third kappa shape index (κ3) is 3.98. The molecule has 0 saturated carbocycles. The fourth-order valence-corrected chi connectivity index (χ4v) is 1.88. The standard InChI is InChI=1S/C16H14O10/c17-9-5-13(21)11(19)3-7(9)15(23)25-1-2-26-16(24)8-4-12(20)14(22)6-10(8)18/h3-6,17-22H,1-2H2. The largest absolute Gasteiger partial charge is 0.507 e. The molecule has 6 N–H and O–H groups in total. The lowest BCUT2D eigenvalue weighted by atomic mass is 10.2. The van der Waals surface area contributed by atoms with Crippen LogP contribution in [0.4, 0.5) is 0 Å². The molecule has 0 bridgehead atoms. The highest BCUT2D eigenvalue weighted by Gasteiger charge is 2.18. The maximum Gasteiger partial charge on any atom is 0.342 e. The molecule has 0 unspecified atom stereocenters. The first-order valence-corrected chi connectivity index (χ1v) is 7.04. The summed E-state index contributed by atoms with van der Waals surface area (Å²) in [5.41, 5.74) is -0.819. The fraction of sp³-hybridized carbons (Fsp3) is 0.125. The lowest BCUT2D eigenvalue weighted by molar-refractivity contribution is 0.0261. The van der Waals surface area contributed by atoms with Gasteiger partial charge in [0.05, 0.1) is 0 Å². The number of carbonyl (C=O) groups excluding carboxylic acids is 2. The maximum atomic E-state index is 11.8. The summed E-state index contributed by atoms with van der Waals surface area (Å²) in [7, 11) is 0. The topological polar surface area (TPSA) is 174 Å². The normalized spacial score (nSPS) is 10.3. The summed E-state index contributed by atoms with van der Waals surface area (Å²) in [6.07, 6.45) is 0. The second kappa shape index (κ2) is 7.38. The van der Waals surface area contributed by atoms with Gasteiger partial charge in [0, 0.05) is 24.3 Å². The summed E-state index contributed by atoms with van der Waals surface area (Å²) in [4.78, 5) is 23.5. The van der Waals surface area contributed by atoms with Crippen molar-refractivity contribution in [3.05, 3.63) is 35.4 Å². The third-order valence-corrected chi connectivity index (χ3v) is 3.18. The van der Waals surface area contributed by atoms with Crippen LogP contribution in [0.3, 0.4) is 0 Å². The average Bonchev–Trinajstić information content (AvgIpc) is 2.57. The van der Waals surface area contributed by atoms with E-state index in [4.69, 9.17) is 9.47 Å². The van der Waals surface area contributed by atoms with Gasteiger partial charge in [-0.2, -0.15) is 0 Å². The first kappa shape index (κ1) is 18.5. The predicted molar refractivity (Wildman–Crippen MR) is 83.4 cm³/mol. The van der Waals surface area contributed by atoms with Gasteiger partial charge in [-0.3, -0.25) is 0 Å². The Bertz CT molecular complexity index is 787. The van der Waals surface area contributed by atoms with Crippen LogP contribution in [0.15, 0.2) is 24.3 Å². The van der Waals surface area contributed by atoms with E-state index in [2.05, 4.69) is 0 Å². The zero-order valence-electron chi connectivity index (χ0n) is 13.0. The Hall–Kier alpha value is -3.82. The molecule has 2 aromatic rings. The Morgan fingerprint density at radius 2 is 0.885 bits per heavy atom. The van der Waals surface area contributed by atoms with Gasteiger partial charge in [0.15, 0.2) is 23.0 Å². The molecule has 10 nitrogen and oxygen atoms in total. The van der Waals surface area contributed by atoms with E-state index in [0.29, 0.717) is 0 Å². The number of aromatic hydroxyl groups is 6. The van der Waals surface area contributed by atoms with Gasteiger partial charge >= 0.3 is 11.9 Å². The first-order chi connectivity index (χ1) is 12.2. The van der Waals surface area contributed by atoms with Crippen LogP contribution in [0.25, 0.3) is 0 Å². The number of phenols is 6. The number of carbonyl (C=O) groups is 2. The summed E-state index contributed by atoms with van der Waals surface area (Å²) in [5.74, 6) is -5.83. The third-order valence-electron chi connectivity index (χ3n) is 3.18. The molecule has 0 fully saturated rings. The average molecular weight is 366 g/mol. The van der Waals surface area contributed by atoms with Crippen LogP contribution < -0.4 is 0 Å². The molecule has 10 heteroatoms. The summed E-state index contributed by atoms with van der Waals surface area (Å²) >= 11 is 0. The van der Waals surface area contributed by atoms with Crippen LogP contribution in [0.5, 0.6) is 34.5 Å². The Morgan fingerprint density at radius 3 is 1.23 bits per heavy atom. The van der Waals surface area contributed by atoms with Crippen molar-refractivity contribution in [1.82, 2.24) is 0 Å². The minimum Gasteiger partial charge on any atom is -0.507 e. The van der Waals surface area contributed by atoms with E-state index >= 15 is 0 Å². The van der Waals surface area contributed by atoms with Gasteiger partial charge in [-0.25, -0.2) is 9.59 Å². The summed E-state index contributed by atoms with van der Waals surface area (Å²) in [5, 5.41) is 56.0. The van der Waals surface area contributed by atoms with Crippen molar-refractivity contribution in [2.24, 2.45) is 0 Å². The zero-order valence-corrected chi connectivity index (χ0v) is 13.0. The second-order valence-electron chi connectivity index (χ2n) is 4.99. The molecule has 138 valence electrons. The van der Waals surface area contributed by atoms with Gasteiger partial charge in [0.2, 0.25) is 0 Å². The number of benzene rings is 2. The van der Waals surface area contributed by atoms with Gasteiger partial charge < -0.3 is 40.1 Å². The van der Waals surface area contributed by atoms with Gasteiger partial charge in [0.25, 0.3) is 0 Å². The van der Waals surface area contributed by atoms with Crippen molar-refractivity contribution in [2.45, 2.75) is 0 Å². The van der Waals surface area contributed by atoms with Crippen molar-refractivity contribution in [1.29, 1.82) is 0 Å². The smallest absolute Gasteiger partial charge is 0.342 e. The molecule has 0 heterocycles. The highest BCUT2D eigenvalue weighted by molar-refractivity contribution is 5.94. The molecule has 0 saturated heterocycles. The van der Waals surface area contributed by atoms with Crippen molar-refractivity contribution in [3.63, 3.8) is 0 Å². The molecule has 26 heavy (non-hydrogen) atoms. The highest BCUT2D eigenvalue weighted by atomic mass is 16.6. The molecule has 0 atom stereocenters. The van der Waals surface area contributed by atoms with Crippen molar-refractivity contribution in [2.75, 3.05) is 13.2 Å². The molecule has 2 rings (SSSR count). The second-order valence-corrected chi connectivity index (χ2v) is 4.99. The first-order valence-electron chi connectivity index (χ1n) is 7.04. The molecule has 0 aliphatic heterocycles. The van der Waals surface area contributed by atoms with Crippen LogP contribution >= 0.6 is 0 Å². The Balaban J connectivity index is 1.91. The molecular weight excluding hydrogens is 352 g/mol. The molecule has 0 aromatic heterocycles. The van der Waals surface area contributed by atoms with E-state index < -0.39 is 70.8 Å². The van der Waals surface area contributed by atoms with E-state index in [1.54, 1.807) is 0 Å². The summed E-state index contributed by atoms with van der Waals surface area (Å²) in [6, 6.07) is 3.12. The van der Waals surface area contributed by atoms with Crippen LogP contribution in [-0.4, -0.2) is 55.8 Å². The fourth-order valence-electron chi connectivity index (χ4n) is 1.88. The summed E-state index contributed by atoms with van der Waals surface area (Å²) < 4.78 is 9.48. The number of rotatable bonds is 5. The van der Waals surface area contributed by atoms with Crippen molar-refractivity contribution >= 4 is 11.9 Å². The quantitative estimate of drug-likeness (QED) is 0.193.